The van der Waals surface area contributed by atoms with Crippen molar-refractivity contribution in [2.45, 2.75) is 18.8 Å². The Morgan fingerprint density at radius 2 is 2.31 bits per heavy atom. The SMILES string of the molecule is Clc1ccc2nc(C3CC3)[c]n2n1. The maximum atomic E-state index is 5.74. The summed E-state index contributed by atoms with van der Waals surface area (Å²) in [6.45, 7) is 0. The van der Waals surface area contributed by atoms with Crippen LogP contribution < -0.4 is 0 Å². The molecule has 0 aromatic carbocycles. The molecule has 2 aromatic rings. The molecular formula is C9H7ClN3. The molecule has 0 spiro atoms. The van der Waals surface area contributed by atoms with E-state index in [1.165, 1.54) is 12.8 Å². The Balaban J connectivity index is 2.20. The van der Waals surface area contributed by atoms with E-state index in [1.54, 1.807) is 10.6 Å². The minimum Gasteiger partial charge on any atom is -0.231 e. The third-order valence-electron chi connectivity index (χ3n) is 2.20. The van der Waals surface area contributed by atoms with Gasteiger partial charge in [0.05, 0.1) is 5.69 Å². The maximum Gasteiger partial charge on any atom is 0.154 e. The summed E-state index contributed by atoms with van der Waals surface area (Å²) in [5.74, 6) is 0.612. The van der Waals surface area contributed by atoms with E-state index in [9.17, 15) is 0 Å². The van der Waals surface area contributed by atoms with Crippen molar-refractivity contribution in [3.05, 3.63) is 29.2 Å². The fourth-order valence-corrected chi connectivity index (χ4v) is 1.50. The zero-order valence-corrected chi connectivity index (χ0v) is 7.62. The minimum absolute atomic E-state index is 0.475. The Morgan fingerprint density at radius 3 is 3.08 bits per heavy atom. The highest BCUT2D eigenvalue weighted by molar-refractivity contribution is 6.29. The molecule has 1 saturated carbocycles. The van der Waals surface area contributed by atoms with Crippen molar-refractivity contribution in [2.75, 3.05) is 0 Å². The summed E-state index contributed by atoms with van der Waals surface area (Å²) in [4.78, 5) is 4.40. The first-order valence-electron chi connectivity index (χ1n) is 4.27. The summed E-state index contributed by atoms with van der Waals surface area (Å²) in [5, 5.41) is 4.55. The van der Waals surface area contributed by atoms with Crippen LogP contribution in [-0.2, 0) is 0 Å². The molecule has 3 nitrogen and oxygen atoms in total. The van der Waals surface area contributed by atoms with Gasteiger partial charge in [0.1, 0.15) is 11.3 Å². The van der Waals surface area contributed by atoms with Gasteiger partial charge in [-0.05, 0) is 25.0 Å². The highest BCUT2D eigenvalue weighted by Gasteiger charge is 2.26. The highest BCUT2D eigenvalue weighted by atomic mass is 35.5. The summed E-state index contributed by atoms with van der Waals surface area (Å²) in [6.07, 6.45) is 5.57. The molecule has 0 unspecified atom stereocenters. The van der Waals surface area contributed by atoms with Crippen molar-refractivity contribution in [2.24, 2.45) is 0 Å². The summed E-state index contributed by atoms with van der Waals surface area (Å²) < 4.78 is 1.62. The first kappa shape index (κ1) is 7.33. The Kier molecular flexibility index (Phi) is 1.38. The lowest BCUT2D eigenvalue weighted by molar-refractivity contribution is 0.923. The number of aromatic nitrogens is 3. The Bertz CT molecular complexity index is 459. The third kappa shape index (κ3) is 1.20. The molecule has 3 rings (SSSR count). The van der Waals surface area contributed by atoms with Crippen LogP contribution in [0.15, 0.2) is 12.1 Å². The van der Waals surface area contributed by atoms with Crippen LogP contribution in [0.2, 0.25) is 5.15 Å². The molecule has 1 radical (unpaired) electrons. The van der Waals surface area contributed by atoms with Gasteiger partial charge < -0.3 is 0 Å². The molecule has 2 aromatic heterocycles. The highest BCUT2D eigenvalue weighted by Crippen LogP contribution is 2.38. The molecule has 13 heavy (non-hydrogen) atoms. The van der Waals surface area contributed by atoms with Crippen molar-refractivity contribution in [3.63, 3.8) is 0 Å². The van der Waals surface area contributed by atoms with Crippen LogP contribution in [0.4, 0.5) is 0 Å². The van der Waals surface area contributed by atoms with E-state index in [4.69, 9.17) is 11.6 Å². The van der Waals surface area contributed by atoms with E-state index in [-0.39, 0.29) is 0 Å². The molecule has 0 saturated heterocycles. The Labute approximate surface area is 80.3 Å². The van der Waals surface area contributed by atoms with Gasteiger partial charge >= 0.3 is 0 Å². The normalized spacial score (nSPS) is 16.7. The van der Waals surface area contributed by atoms with Crippen LogP contribution in [0, 0.1) is 6.20 Å². The zero-order valence-electron chi connectivity index (χ0n) is 6.87. The smallest absolute Gasteiger partial charge is 0.154 e. The number of fused-ring (bicyclic) bond motifs is 1. The van der Waals surface area contributed by atoms with Gasteiger partial charge in [-0.3, -0.25) is 0 Å². The lowest BCUT2D eigenvalue weighted by Crippen LogP contribution is -1.88. The van der Waals surface area contributed by atoms with E-state index in [2.05, 4.69) is 16.3 Å². The predicted molar refractivity (Wildman–Crippen MR) is 48.8 cm³/mol. The van der Waals surface area contributed by atoms with Gasteiger partial charge in [-0.15, -0.1) is 0 Å². The summed E-state index contributed by atoms with van der Waals surface area (Å²) in [7, 11) is 0. The fourth-order valence-electron chi connectivity index (χ4n) is 1.36. The average Bonchev–Trinajstić information content (AvgIpc) is 2.87. The zero-order chi connectivity index (χ0) is 8.84. The molecule has 0 atom stereocenters. The standard InChI is InChI=1S/C9H7ClN3/c10-8-3-4-9-11-7(6-1-2-6)5-13(9)12-8/h3-4,6H,1-2H2. The number of rotatable bonds is 1. The average molecular weight is 193 g/mol. The molecular weight excluding hydrogens is 186 g/mol. The van der Waals surface area contributed by atoms with E-state index in [0.29, 0.717) is 11.1 Å². The molecule has 4 heteroatoms. The first-order chi connectivity index (χ1) is 6.33. The molecule has 65 valence electrons. The van der Waals surface area contributed by atoms with Gasteiger partial charge in [0.15, 0.2) is 5.65 Å². The van der Waals surface area contributed by atoms with Gasteiger partial charge in [0, 0.05) is 5.92 Å². The predicted octanol–water partition coefficient (Wildman–Crippen LogP) is 2.06. The maximum absolute atomic E-state index is 5.74. The molecule has 1 fully saturated rings. The van der Waals surface area contributed by atoms with E-state index >= 15 is 0 Å². The van der Waals surface area contributed by atoms with Crippen molar-refractivity contribution in [3.8, 4) is 0 Å². The van der Waals surface area contributed by atoms with Crippen molar-refractivity contribution in [1.29, 1.82) is 0 Å². The largest absolute Gasteiger partial charge is 0.231 e. The summed E-state index contributed by atoms with van der Waals surface area (Å²) in [6, 6.07) is 3.60. The van der Waals surface area contributed by atoms with Gasteiger partial charge in [-0.2, -0.15) is 5.10 Å². The van der Waals surface area contributed by atoms with Gasteiger partial charge in [-0.1, -0.05) is 11.6 Å². The molecule has 0 N–H and O–H groups in total. The molecule has 0 bridgehead atoms. The lowest BCUT2D eigenvalue weighted by atomic mass is 10.3. The van der Waals surface area contributed by atoms with Crippen molar-refractivity contribution >= 4 is 17.2 Å². The number of hydrogen-bond acceptors (Lipinski definition) is 2. The second kappa shape index (κ2) is 2.45. The topological polar surface area (TPSA) is 30.2 Å². The molecule has 2 heterocycles. The lowest BCUT2D eigenvalue weighted by Gasteiger charge is -1.89. The van der Waals surface area contributed by atoms with Crippen LogP contribution >= 0.6 is 11.6 Å². The monoisotopic (exact) mass is 192 g/mol. The van der Waals surface area contributed by atoms with Crippen LogP contribution in [-0.4, -0.2) is 14.6 Å². The van der Waals surface area contributed by atoms with Gasteiger partial charge in [0.2, 0.25) is 0 Å². The number of imidazole rings is 1. The second-order valence-electron chi connectivity index (χ2n) is 3.31. The van der Waals surface area contributed by atoms with Crippen LogP contribution in [0.1, 0.15) is 24.5 Å². The molecule has 0 aliphatic heterocycles. The van der Waals surface area contributed by atoms with Crippen LogP contribution in [0.25, 0.3) is 5.65 Å². The summed E-state index contributed by atoms with van der Waals surface area (Å²) >= 11 is 5.74. The van der Waals surface area contributed by atoms with E-state index in [0.717, 1.165) is 11.3 Å². The van der Waals surface area contributed by atoms with E-state index in [1.807, 2.05) is 6.07 Å². The Hall–Kier alpha value is -1.09. The van der Waals surface area contributed by atoms with Crippen molar-refractivity contribution < 1.29 is 0 Å². The van der Waals surface area contributed by atoms with E-state index < -0.39 is 0 Å². The van der Waals surface area contributed by atoms with Crippen LogP contribution in [0.5, 0.6) is 0 Å². The summed E-state index contributed by atoms with van der Waals surface area (Å²) in [5.41, 5.74) is 1.85. The minimum atomic E-state index is 0.475. The third-order valence-corrected chi connectivity index (χ3v) is 2.40. The van der Waals surface area contributed by atoms with Gasteiger partial charge in [0.25, 0.3) is 0 Å². The fraction of sp³-hybridized carbons (Fsp3) is 0.333. The molecule has 1 aliphatic rings. The second-order valence-corrected chi connectivity index (χ2v) is 3.70. The number of nitrogens with zero attached hydrogens (tertiary/aromatic N) is 3. The molecule has 1 aliphatic carbocycles. The number of hydrogen-bond donors (Lipinski definition) is 0. The molecule has 0 amide bonds. The number of halogens is 1. The van der Waals surface area contributed by atoms with Crippen LogP contribution in [0.3, 0.4) is 0 Å². The Morgan fingerprint density at radius 1 is 1.46 bits per heavy atom. The van der Waals surface area contributed by atoms with Gasteiger partial charge in [-0.25, -0.2) is 9.50 Å². The first-order valence-corrected chi connectivity index (χ1v) is 4.65. The quantitative estimate of drug-likeness (QED) is 0.693. The van der Waals surface area contributed by atoms with Crippen molar-refractivity contribution in [1.82, 2.24) is 14.6 Å².